The standard InChI is InChI=1S/C24H26N4O4S/c1-32-22-9-7-21(8-10-22)26-33(30,31)23-6-2-5-20(16-23)24(29)28-14-12-27(13-15-28)18-19-4-3-11-25-17-19/h2-11,16-17,26H,12-15,18H2,1H3. The van der Waals surface area contributed by atoms with Gasteiger partial charge in [0, 0.05) is 56.4 Å². The summed E-state index contributed by atoms with van der Waals surface area (Å²) in [6, 6.07) is 16.7. The van der Waals surface area contributed by atoms with Crippen LogP contribution in [0.5, 0.6) is 5.75 Å². The number of amides is 1. The van der Waals surface area contributed by atoms with Crippen LogP contribution in [0, 0.1) is 0 Å². The lowest BCUT2D eigenvalue weighted by Crippen LogP contribution is -2.48. The van der Waals surface area contributed by atoms with Gasteiger partial charge < -0.3 is 9.64 Å². The molecule has 0 aliphatic carbocycles. The highest BCUT2D eigenvalue weighted by Crippen LogP contribution is 2.21. The molecule has 0 atom stereocenters. The fourth-order valence-corrected chi connectivity index (χ4v) is 4.81. The fourth-order valence-electron chi connectivity index (χ4n) is 3.71. The van der Waals surface area contributed by atoms with Crippen molar-refractivity contribution in [1.29, 1.82) is 0 Å². The molecule has 8 nitrogen and oxygen atoms in total. The zero-order valence-corrected chi connectivity index (χ0v) is 19.2. The van der Waals surface area contributed by atoms with E-state index in [0.717, 1.165) is 25.2 Å². The fraction of sp³-hybridized carbons (Fsp3) is 0.250. The summed E-state index contributed by atoms with van der Waals surface area (Å²) in [7, 11) is -2.29. The first-order chi connectivity index (χ1) is 15.9. The van der Waals surface area contributed by atoms with E-state index in [1.807, 2.05) is 18.3 Å². The molecule has 0 saturated carbocycles. The topological polar surface area (TPSA) is 91.8 Å². The van der Waals surface area contributed by atoms with Crippen LogP contribution in [0.3, 0.4) is 0 Å². The number of methoxy groups -OCH3 is 1. The molecule has 2 heterocycles. The van der Waals surface area contributed by atoms with Gasteiger partial charge >= 0.3 is 0 Å². The van der Waals surface area contributed by atoms with E-state index in [4.69, 9.17) is 4.74 Å². The molecular weight excluding hydrogens is 440 g/mol. The summed E-state index contributed by atoms with van der Waals surface area (Å²) in [5.41, 5.74) is 1.91. The van der Waals surface area contributed by atoms with Crippen molar-refractivity contribution in [3.05, 3.63) is 84.2 Å². The zero-order chi connectivity index (χ0) is 23.3. The second-order valence-electron chi connectivity index (χ2n) is 7.79. The summed E-state index contributed by atoms with van der Waals surface area (Å²) in [5, 5.41) is 0. The van der Waals surface area contributed by atoms with Crippen LogP contribution in [0.4, 0.5) is 5.69 Å². The van der Waals surface area contributed by atoms with Crippen molar-refractivity contribution < 1.29 is 17.9 Å². The van der Waals surface area contributed by atoms with Crippen LogP contribution < -0.4 is 9.46 Å². The van der Waals surface area contributed by atoms with Gasteiger partial charge in [-0.25, -0.2) is 8.42 Å². The Morgan fingerprint density at radius 1 is 1.03 bits per heavy atom. The molecule has 1 N–H and O–H groups in total. The Morgan fingerprint density at radius 2 is 1.79 bits per heavy atom. The van der Waals surface area contributed by atoms with E-state index in [-0.39, 0.29) is 10.8 Å². The Kier molecular flexibility index (Phi) is 6.90. The van der Waals surface area contributed by atoms with Crippen LogP contribution in [-0.4, -0.2) is 62.4 Å². The summed E-state index contributed by atoms with van der Waals surface area (Å²) in [5.74, 6) is 0.462. The number of aromatic nitrogens is 1. The third-order valence-electron chi connectivity index (χ3n) is 5.52. The van der Waals surface area contributed by atoms with E-state index in [0.29, 0.717) is 30.1 Å². The number of nitrogens with zero attached hydrogens (tertiary/aromatic N) is 3. The maximum atomic E-state index is 13.0. The normalized spacial score (nSPS) is 14.6. The largest absolute Gasteiger partial charge is 0.497 e. The van der Waals surface area contributed by atoms with Gasteiger partial charge in [0.1, 0.15) is 5.75 Å². The minimum Gasteiger partial charge on any atom is -0.497 e. The zero-order valence-electron chi connectivity index (χ0n) is 18.3. The minimum absolute atomic E-state index is 0.0411. The van der Waals surface area contributed by atoms with Crippen molar-refractivity contribution in [2.45, 2.75) is 11.4 Å². The summed E-state index contributed by atoms with van der Waals surface area (Å²) in [6.45, 7) is 3.45. The first kappa shape index (κ1) is 22.8. The molecule has 1 amide bonds. The van der Waals surface area contributed by atoms with E-state index < -0.39 is 10.0 Å². The molecule has 0 spiro atoms. The van der Waals surface area contributed by atoms with Gasteiger partial charge in [0.15, 0.2) is 0 Å². The molecule has 0 radical (unpaired) electrons. The van der Waals surface area contributed by atoms with Crippen molar-refractivity contribution in [2.24, 2.45) is 0 Å². The van der Waals surface area contributed by atoms with Crippen LogP contribution in [0.25, 0.3) is 0 Å². The van der Waals surface area contributed by atoms with Gasteiger partial charge in [-0.2, -0.15) is 0 Å². The van der Waals surface area contributed by atoms with E-state index in [1.54, 1.807) is 54.6 Å². The molecule has 1 aromatic heterocycles. The van der Waals surface area contributed by atoms with Crippen molar-refractivity contribution in [1.82, 2.24) is 14.8 Å². The lowest BCUT2D eigenvalue weighted by Gasteiger charge is -2.34. The molecule has 1 aliphatic heterocycles. The lowest BCUT2D eigenvalue weighted by molar-refractivity contribution is 0.0628. The van der Waals surface area contributed by atoms with Crippen molar-refractivity contribution >= 4 is 21.6 Å². The minimum atomic E-state index is -3.84. The first-order valence-electron chi connectivity index (χ1n) is 10.6. The van der Waals surface area contributed by atoms with E-state index in [9.17, 15) is 13.2 Å². The van der Waals surface area contributed by atoms with Crippen LogP contribution in [-0.2, 0) is 16.6 Å². The molecule has 9 heteroatoms. The van der Waals surface area contributed by atoms with Crippen LogP contribution in [0.1, 0.15) is 15.9 Å². The smallest absolute Gasteiger partial charge is 0.261 e. The van der Waals surface area contributed by atoms with Crippen LogP contribution >= 0.6 is 0 Å². The molecular formula is C24H26N4O4S. The molecule has 1 fully saturated rings. The lowest BCUT2D eigenvalue weighted by atomic mass is 10.1. The number of carbonyl (C=O) groups excluding carboxylic acids is 1. The van der Waals surface area contributed by atoms with Crippen LogP contribution in [0.15, 0.2) is 78.0 Å². The summed E-state index contributed by atoms with van der Waals surface area (Å²) >= 11 is 0. The average molecular weight is 467 g/mol. The predicted molar refractivity (Wildman–Crippen MR) is 126 cm³/mol. The van der Waals surface area contributed by atoms with Gasteiger partial charge in [-0.1, -0.05) is 12.1 Å². The highest BCUT2D eigenvalue weighted by molar-refractivity contribution is 7.92. The number of hydrogen-bond acceptors (Lipinski definition) is 6. The number of benzene rings is 2. The van der Waals surface area contributed by atoms with Gasteiger partial charge in [0.05, 0.1) is 12.0 Å². The summed E-state index contributed by atoms with van der Waals surface area (Å²) in [4.78, 5) is 21.3. The maximum Gasteiger partial charge on any atom is 0.261 e. The van der Waals surface area contributed by atoms with Crippen molar-refractivity contribution in [3.63, 3.8) is 0 Å². The Morgan fingerprint density at radius 3 is 2.45 bits per heavy atom. The third kappa shape index (κ3) is 5.68. The number of sulfonamides is 1. The second kappa shape index (κ2) is 10.0. The molecule has 172 valence electrons. The molecule has 1 aliphatic rings. The monoisotopic (exact) mass is 466 g/mol. The number of ether oxygens (including phenoxy) is 1. The molecule has 0 unspecified atom stereocenters. The van der Waals surface area contributed by atoms with Crippen molar-refractivity contribution in [2.75, 3.05) is 38.0 Å². The Labute approximate surface area is 193 Å². The molecule has 2 aromatic carbocycles. The summed E-state index contributed by atoms with van der Waals surface area (Å²) in [6.07, 6.45) is 3.60. The molecule has 1 saturated heterocycles. The molecule has 33 heavy (non-hydrogen) atoms. The number of pyridine rings is 1. The van der Waals surface area contributed by atoms with Crippen LogP contribution in [0.2, 0.25) is 0 Å². The average Bonchev–Trinajstić information content (AvgIpc) is 2.85. The highest BCUT2D eigenvalue weighted by Gasteiger charge is 2.24. The number of anilines is 1. The number of carbonyl (C=O) groups is 1. The third-order valence-corrected chi connectivity index (χ3v) is 6.90. The number of nitrogens with one attached hydrogen (secondary N) is 1. The predicted octanol–water partition coefficient (Wildman–Crippen LogP) is 2.85. The van der Waals surface area contributed by atoms with Gasteiger partial charge in [-0.15, -0.1) is 0 Å². The maximum absolute atomic E-state index is 13.0. The Hall–Kier alpha value is -3.43. The Bertz CT molecular complexity index is 1190. The van der Waals surface area contributed by atoms with Crippen molar-refractivity contribution in [3.8, 4) is 5.75 Å². The Balaban J connectivity index is 1.40. The van der Waals surface area contributed by atoms with E-state index in [2.05, 4.69) is 14.6 Å². The van der Waals surface area contributed by atoms with E-state index >= 15 is 0 Å². The molecule has 4 rings (SSSR count). The quantitative estimate of drug-likeness (QED) is 0.576. The number of piperazine rings is 1. The highest BCUT2D eigenvalue weighted by atomic mass is 32.2. The van der Waals surface area contributed by atoms with Gasteiger partial charge in [0.25, 0.3) is 15.9 Å². The second-order valence-corrected chi connectivity index (χ2v) is 9.47. The number of hydrogen-bond donors (Lipinski definition) is 1. The first-order valence-corrected chi connectivity index (χ1v) is 12.1. The molecule has 0 bridgehead atoms. The molecule has 3 aromatic rings. The SMILES string of the molecule is COc1ccc(NS(=O)(=O)c2cccc(C(=O)N3CCN(Cc4cccnc4)CC3)c2)cc1. The number of rotatable bonds is 7. The van der Waals surface area contributed by atoms with Gasteiger partial charge in [0.2, 0.25) is 0 Å². The van der Waals surface area contributed by atoms with Gasteiger partial charge in [-0.3, -0.25) is 19.4 Å². The summed E-state index contributed by atoms with van der Waals surface area (Å²) < 4.78 is 33.3. The van der Waals surface area contributed by atoms with E-state index in [1.165, 1.54) is 12.1 Å². The van der Waals surface area contributed by atoms with Gasteiger partial charge in [-0.05, 0) is 54.1 Å².